The normalized spacial score (nSPS) is 15.0. The van der Waals surface area contributed by atoms with Gasteiger partial charge in [-0.2, -0.15) is 0 Å². The Hall–Kier alpha value is -2.69. The lowest BCUT2D eigenvalue weighted by Crippen LogP contribution is -2.46. The average molecular weight is 337 g/mol. The van der Waals surface area contributed by atoms with Crippen molar-refractivity contribution >= 4 is 11.8 Å². The van der Waals surface area contributed by atoms with Crippen LogP contribution in [0.4, 0.5) is 0 Å². The number of carbonyl (C=O) groups is 2. The van der Waals surface area contributed by atoms with Gasteiger partial charge in [-0.3, -0.25) is 14.6 Å². The van der Waals surface area contributed by atoms with E-state index in [1.54, 1.807) is 17.3 Å². The molecule has 1 fully saturated rings. The number of likely N-dealkylation sites (tertiary alicyclic amines) is 1. The molecule has 0 spiro atoms. The molecule has 1 aromatic carbocycles. The second-order valence-corrected chi connectivity index (χ2v) is 6.46. The van der Waals surface area contributed by atoms with E-state index in [1.165, 1.54) is 5.56 Å². The number of rotatable bonds is 4. The molecule has 2 aromatic rings. The second kappa shape index (κ2) is 8.42. The predicted octanol–water partition coefficient (Wildman–Crippen LogP) is 2.18. The van der Waals surface area contributed by atoms with Crippen LogP contribution in [0.2, 0.25) is 0 Å². The number of hydrogen-bond acceptors (Lipinski definition) is 3. The number of carbonyl (C=O) groups excluding carboxylic acids is 2. The monoisotopic (exact) mass is 337 g/mol. The van der Waals surface area contributed by atoms with E-state index in [0.717, 1.165) is 24.8 Å². The fourth-order valence-corrected chi connectivity index (χ4v) is 3.19. The Labute approximate surface area is 148 Å². The minimum Gasteiger partial charge on any atom is -0.344 e. The third-order valence-electron chi connectivity index (χ3n) is 4.67. The molecule has 0 radical (unpaired) electrons. The summed E-state index contributed by atoms with van der Waals surface area (Å²) in [4.78, 5) is 30.0. The van der Waals surface area contributed by atoms with Crippen LogP contribution in [0.15, 0.2) is 54.9 Å². The van der Waals surface area contributed by atoms with Gasteiger partial charge in [0, 0.05) is 32.0 Å². The third kappa shape index (κ3) is 4.89. The molecular weight excluding hydrogens is 314 g/mol. The molecule has 1 aromatic heterocycles. The minimum atomic E-state index is -0.529. The van der Waals surface area contributed by atoms with Crippen LogP contribution in [0.5, 0.6) is 0 Å². The lowest BCUT2D eigenvalue weighted by Gasteiger charge is -2.31. The van der Waals surface area contributed by atoms with Gasteiger partial charge >= 0.3 is 11.8 Å². The molecule has 1 aliphatic heterocycles. The van der Waals surface area contributed by atoms with Crippen molar-refractivity contribution in [3.05, 3.63) is 66.0 Å². The molecule has 1 saturated heterocycles. The summed E-state index contributed by atoms with van der Waals surface area (Å²) < 4.78 is 0. The maximum Gasteiger partial charge on any atom is 0.311 e. The quantitative estimate of drug-likeness (QED) is 0.870. The van der Waals surface area contributed by atoms with Crippen LogP contribution in [0, 0.1) is 5.92 Å². The minimum absolute atomic E-state index is 0.345. The summed E-state index contributed by atoms with van der Waals surface area (Å²) in [5, 5.41) is 2.69. The van der Waals surface area contributed by atoms with E-state index in [1.807, 2.05) is 18.2 Å². The van der Waals surface area contributed by atoms with Gasteiger partial charge in [-0.25, -0.2) is 0 Å². The standard InChI is InChI=1S/C20H23N3O2/c24-19(22-15-18-6-10-21-11-7-18)20(25)23-12-8-17(9-13-23)14-16-4-2-1-3-5-16/h1-7,10-11,17H,8-9,12-15H2,(H,22,24). The van der Waals surface area contributed by atoms with Crippen molar-refractivity contribution in [2.24, 2.45) is 5.92 Å². The Kier molecular flexibility index (Phi) is 5.77. The number of benzene rings is 1. The van der Waals surface area contributed by atoms with Crippen LogP contribution >= 0.6 is 0 Å². The Balaban J connectivity index is 1.44. The number of nitrogens with one attached hydrogen (secondary N) is 1. The van der Waals surface area contributed by atoms with E-state index in [0.29, 0.717) is 25.6 Å². The Morgan fingerprint density at radius 2 is 1.68 bits per heavy atom. The van der Waals surface area contributed by atoms with Gasteiger partial charge in [0.25, 0.3) is 0 Å². The predicted molar refractivity (Wildman–Crippen MR) is 95.5 cm³/mol. The zero-order chi connectivity index (χ0) is 17.5. The number of hydrogen-bond donors (Lipinski definition) is 1. The van der Waals surface area contributed by atoms with Gasteiger partial charge < -0.3 is 10.2 Å². The molecule has 0 bridgehead atoms. The lowest BCUT2D eigenvalue weighted by atomic mass is 9.90. The highest BCUT2D eigenvalue weighted by atomic mass is 16.2. The SMILES string of the molecule is O=C(NCc1ccncc1)C(=O)N1CCC(Cc2ccccc2)CC1. The third-order valence-corrected chi connectivity index (χ3v) is 4.67. The molecule has 0 unspecified atom stereocenters. The highest BCUT2D eigenvalue weighted by Crippen LogP contribution is 2.21. The van der Waals surface area contributed by atoms with E-state index in [2.05, 4.69) is 34.6 Å². The fourth-order valence-electron chi connectivity index (χ4n) is 3.19. The highest BCUT2D eigenvalue weighted by molar-refractivity contribution is 6.34. The fraction of sp³-hybridized carbons (Fsp3) is 0.350. The molecule has 5 heteroatoms. The molecule has 0 aliphatic carbocycles. The average Bonchev–Trinajstić information content (AvgIpc) is 2.68. The van der Waals surface area contributed by atoms with Crippen LogP contribution < -0.4 is 5.32 Å². The highest BCUT2D eigenvalue weighted by Gasteiger charge is 2.26. The summed E-state index contributed by atoms with van der Waals surface area (Å²) >= 11 is 0. The van der Waals surface area contributed by atoms with Crippen LogP contribution in [0.1, 0.15) is 24.0 Å². The van der Waals surface area contributed by atoms with Crippen molar-refractivity contribution in [1.82, 2.24) is 15.2 Å². The second-order valence-electron chi connectivity index (χ2n) is 6.46. The first-order valence-electron chi connectivity index (χ1n) is 8.72. The summed E-state index contributed by atoms with van der Waals surface area (Å²) in [5.74, 6) is -0.378. The molecule has 2 amide bonds. The Bertz CT molecular complexity index is 695. The van der Waals surface area contributed by atoms with Gasteiger partial charge in [0.15, 0.2) is 0 Å². The van der Waals surface area contributed by atoms with Crippen LogP contribution in [-0.4, -0.2) is 34.8 Å². The van der Waals surface area contributed by atoms with E-state index >= 15 is 0 Å². The van der Waals surface area contributed by atoms with Crippen molar-refractivity contribution in [3.8, 4) is 0 Å². The van der Waals surface area contributed by atoms with E-state index < -0.39 is 11.8 Å². The number of nitrogens with zero attached hydrogens (tertiary/aromatic N) is 2. The van der Waals surface area contributed by atoms with Gasteiger partial charge in [0.05, 0.1) is 0 Å². The number of pyridine rings is 1. The van der Waals surface area contributed by atoms with Crippen LogP contribution in [0.3, 0.4) is 0 Å². The van der Waals surface area contributed by atoms with Crippen molar-refractivity contribution in [2.45, 2.75) is 25.8 Å². The maximum absolute atomic E-state index is 12.3. The number of piperidine rings is 1. The van der Waals surface area contributed by atoms with E-state index in [9.17, 15) is 9.59 Å². The van der Waals surface area contributed by atoms with E-state index in [-0.39, 0.29) is 0 Å². The maximum atomic E-state index is 12.3. The zero-order valence-corrected chi connectivity index (χ0v) is 14.2. The first kappa shape index (κ1) is 17.1. The van der Waals surface area contributed by atoms with Gasteiger partial charge in [-0.15, -0.1) is 0 Å². The molecule has 1 N–H and O–H groups in total. The van der Waals surface area contributed by atoms with Crippen molar-refractivity contribution in [2.75, 3.05) is 13.1 Å². The summed E-state index contributed by atoms with van der Waals surface area (Å²) in [7, 11) is 0. The van der Waals surface area contributed by atoms with Crippen molar-refractivity contribution in [1.29, 1.82) is 0 Å². The Morgan fingerprint density at radius 1 is 1.00 bits per heavy atom. The summed E-state index contributed by atoms with van der Waals surface area (Å²) in [6.45, 7) is 1.65. The smallest absolute Gasteiger partial charge is 0.311 e. The largest absolute Gasteiger partial charge is 0.344 e. The first-order chi connectivity index (χ1) is 12.2. The van der Waals surface area contributed by atoms with Gasteiger partial charge in [0.2, 0.25) is 0 Å². The lowest BCUT2D eigenvalue weighted by molar-refractivity contribution is -0.146. The van der Waals surface area contributed by atoms with Gasteiger partial charge in [-0.1, -0.05) is 30.3 Å². The Morgan fingerprint density at radius 3 is 2.36 bits per heavy atom. The molecule has 3 rings (SSSR count). The summed E-state index contributed by atoms with van der Waals surface area (Å²) in [5.41, 5.74) is 2.26. The topological polar surface area (TPSA) is 62.3 Å². The van der Waals surface area contributed by atoms with E-state index in [4.69, 9.17) is 0 Å². The molecule has 25 heavy (non-hydrogen) atoms. The summed E-state index contributed by atoms with van der Waals surface area (Å²) in [6.07, 6.45) is 6.26. The molecule has 5 nitrogen and oxygen atoms in total. The first-order valence-corrected chi connectivity index (χ1v) is 8.72. The summed E-state index contributed by atoms with van der Waals surface area (Å²) in [6, 6.07) is 14.1. The molecule has 2 heterocycles. The van der Waals surface area contributed by atoms with Crippen molar-refractivity contribution in [3.63, 3.8) is 0 Å². The van der Waals surface area contributed by atoms with Crippen molar-refractivity contribution < 1.29 is 9.59 Å². The van der Waals surface area contributed by atoms with Gasteiger partial charge in [-0.05, 0) is 48.4 Å². The molecular formula is C20H23N3O2. The molecule has 1 aliphatic rings. The molecule has 0 saturated carbocycles. The number of aromatic nitrogens is 1. The van der Waals surface area contributed by atoms with Crippen LogP contribution in [0.25, 0.3) is 0 Å². The van der Waals surface area contributed by atoms with Crippen LogP contribution in [-0.2, 0) is 22.6 Å². The molecule has 130 valence electrons. The van der Waals surface area contributed by atoms with Gasteiger partial charge in [0.1, 0.15) is 0 Å². The number of amides is 2. The zero-order valence-electron chi connectivity index (χ0n) is 14.2. The molecule has 0 atom stereocenters.